The van der Waals surface area contributed by atoms with Crippen LogP contribution in [0.25, 0.3) is 0 Å². The topological polar surface area (TPSA) is 52.6 Å². The summed E-state index contributed by atoms with van der Waals surface area (Å²) in [6.45, 7) is 2.23. The third kappa shape index (κ3) is 6.20. The molecule has 4 nitrogen and oxygen atoms in total. The molecule has 1 aliphatic rings. The first-order valence-corrected chi connectivity index (χ1v) is 8.77. The van der Waals surface area contributed by atoms with Gasteiger partial charge in [0.05, 0.1) is 14.2 Å². The summed E-state index contributed by atoms with van der Waals surface area (Å²) in [5.74, 6) is -0.296. The van der Waals surface area contributed by atoms with Crippen LogP contribution in [0.4, 0.5) is 0 Å². The molecule has 0 spiro atoms. The molecule has 0 N–H and O–H groups in total. The Labute approximate surface area is 139 Å². The highest BCUT2D eigenvalue weighted by Crippen LogP contribution is 2.24. The molecule has 0 bridgehead atoms. The molecule has 0 saturated carbocycles. The van der Waals surface area contributed by atoms with Gasteiger partial charge in [-0.25, -0.2) is 0 Å². The van der Waals surface area contributed by atoms with Crippen LogP contribution in [0.2, 0.25) is 0 Å². The number of unbranched alkanes of at least 4 members (excludes halogenated alkanes) is 8. The smallest absolute Gasteiger partial charge is 0.262 e. The number of carbonyl (C=O) groups is 2. The van der Waals surface area contributed by atoms with Gasteiger partial charge in [0.2, 0.25) is 0 Å². The lowest BCUT2D eigenvalue weighted by Crippen LogP contribution is -2.21. The van der Waals surface area contributed by atoms with Crippen molar-refractivity contribution in [1.29, 1.82) is 0 Å². The van der Waals surface area contributed by atoms with Crippen molar-refractivity contribution < 1.29 is 19.1 Å². The number of carbonyl (C=O) groups excluding carboxylic acids is 2. The normalized spacial score (nSPS) is 15.0. The van der Waals surface area contributed by atoms with Gasteiger partial charge in [0, 0.05) is 11.6 Å². The highest BCUT2D eigenvalue weighted by Gasteiger charge is 2.29. The summed E-state index contributed by atoms with van der Waals surface area (Å²) in [6.07, 6.45) is 12.9. The second kappa shape index (κ2) is 11.0. The maximum absolute atomic E-state index is 12.1. The van der Waals surface area contributed by atoms with E-state index in [1.54, 1.807) is 0 Å². The van der Waals surface area contributed by atoms with Gasteiger partial charge in [-0.05, 0) is 12.8 Å². The van der Waals surface area contributed by atoms with Gasteiger partial charge in [-0.15, -0.1) is 0 Å². The lowest BCUT2D eigenvalue weighted by atomic mass is 9.95. The molecule has 130 valence electrons. The van der Waals surface area contributed by atoms with Gasteiger partial charge >= 0.3 is 0 Å². The summed E-state index contributed by atoms with van der Waals surface area (Å²) in [5.41, 5.74) is 0.487. The minimum Gasteiger partial charge on any atom is -0.492 e. The lowest BCUT2D eigenvalue weighted by Gasteiger charge is -2.17. The summed E-state index contributed by atoms with van der Waals surface area (Å²) in [7, 11) is 2.81. The number of hydrogen-bond donors (Lipinski definition) is 0. The Morgan fingerprint density at radius 1 is 0.826 bits per heavy atom. The van der Waals surface area contributed by atoms with E-state index < -0.39 is 0 Å². The summed E-state index contributed by atoms with van der Waals surface area (Å²) >= 11 is 0. The zero-order chi connectivity index (χ0) is 17.1. The molecule has 0 atom stereocenters. The fraction of sp³-hybridized carbons (Fsp3) is 0.684. The fourth-order valence-corrected chi connectivity index (χ4v) is 2.85. The van der Waals surface area contributed by atoms with Crippen molar-refractivity contribution in [1.82, 2.24) is 0 Å². The molecule has 0 saturated heterocycles. The van der Waals surface area contributed by atoms with E-state index in [2.05, 4.69) is 6.92 Å². The lowest BCUT2D eigenvalue weighted by molar-refractivity contribution is -0.121. The zero-order valence-corrected chi connectivity index (χ0v) is 14.8. The van der Waals surface area contributed by atoms with E-state index >= 15 is 0 Å². The third-order valence-corrected chi connectivity index (χ3v) is 4.22. The number of hydrogen-bond acceptors (Lipinski definition) is 4. The quantitative estimate of drug-likeness (QED) is 0.392. The molecule has 0 aromatic rings. The van der Waals surface area contributed by atoms with Crippen molar-refractivity contribution in [3.63, 3.8) is 0 Å². The number of allylic oxidation sites excluding steroid dienone is 2. The first kappa shape index (κ1) is 19.5. The maximum Gasteiger partial charge on any atom is 0.262 e. The van der Waals surface area contributed by atoms with Crippen LogP contribution in [-0.4, -0.2) is 25.8 Å². The second-order valence-electron chi connectivity index (χ2n) is 6.00. The Kier molecular flexibility index (Phi) is 9.34. The Morgan fingerprint density at radius 3 is 1.91 bits per heavy atom. The highest BCUT2D eigenvalue weighted by molar-refractivity contribution is 6.20. The predicted octanol–water partition coefficient (Wildman–Crippen LogP) is 4.49. The van der Waals surface area contributed by atoms with Gasteiger partial charge < -0.3 is 9.47 Å². The number of methoxy groups -OCH3 is 2. The summed E-state index contributed by atoms with van der Waals surface area (Å²) in [4.78, 5) is 24.2. The summed E-state index contributed by atoms with van der Waals surface area (Å²) in [6, 6.07) is 0. The standard InChI is InChI=1S/C19H30O4/c1-4-5-6-7-8-9-10-11-12-13-15-16(20)14-17(22-2)18(21)19(15)23-3/h14H,4-13H2,1-3H3. The molecule has 0 aromatic carbocycles. The SMILES string of the molecule is CCCCCCCCCCCC1=C(OC)C(=O)C(OC)=CC1=O. The van der Waals surface area contributed by atoms with E-state index in [4.69, 9.17) is 9.47 Å². The largest absolute Gasteiger partial charge is 0.492 e. The van der Waals surface area contributed by atoms with E-state index in [9.17, 15) is 9.59 Å². The van der Waals surface area contributed by atoms with Gasteiger partial charge in [-0.2, -0.15) is 0 Å². The van der Waals surface area contributed by atoms with Gasteiger partial charge in [0.25, 0.3) is 5.78 Å². The zero-order valence-electron chi connectivity index (χ0n) is 14.8. The fourth-order valence-electron chi connectivity index (χ4n) is 2.85. The molecule has 4 heteroatoms. The number of ketones is 2. The highest BCUT2D eigenvalue weighted by atomic mass is 16.5. The van der Waals surface area contributed by atoms with Crippen LogP contribution in [0.3, 0.4) is 0 Å². The molecule has 23 heavy (non-hydrogen) atoms. The van der Waals surface area contributed by atoms with Crippen LogP contribution in [0.5, 0.6) is 0 Å². The van der Waals surface area contributed by atoms with E-state index in [1.165, 1.54) is 65.2 Å². The maximum atomic E-state index is 12.1. The number of rotatable bonds is 12. The van der Waals surface area contributed by atoms with Gasteiger partial charge in [0.1, 0.15) is 0 Å². The average molecular weight is 322 g/mol. The molecule has 0 radical (unpaired) electrons. The van der Waals surface area contributed by atoms with Crippen LogP contribution in [0.1, 0.15) is 71.1 Å². The van der Waals surface area contributed by atoms with Crippen molar-refractivity contribution in [2.45, 2.75) is 71.1 Å². The molecule has 1 rings (SSSR count). The molecule has 0 aromatic heterocycles. The minimum absolute atomic E-state index is 0.0580. The average Bonchev–Trinajstić information content (AvgIpc) is 2.55. The van der Waals surface area contributed by atoms with Crippen molar-refractivity contribution in [3.05, 3.63) is 23.2 Å². The van der Waals surface area contributed by atoms with E-state index in [0.29, 0.717) is 12.0 Å². The first-order valence-electron chi connectivity index (χ1n) is 8.77. The van der Waals surface area contributed by atoms with Crippen molar-refractivity contribution >= 4 is 11.6 Å². The van der Waals surface area contributed by atoms with Gasteiger partial charge in [0.15, 0.2) is 17.3 Å². The Balaban J connectivity index is 2.33. The predicted molar refractivity (Wildman–Crippen MR) is 91.0 cm³/mol. The monoisotopic (exact) mass is 322 g/mol. The van der Waals surface area contributed by atoms with Crippen LogP contribution in [0, 0.1) is 0 Å². The Bertz CT molecular complexity index is 460. The summed E-state index contributed by atoms with van der Waals surface area (Å²) < 4.78 is 10.1. The van der Waals surface area contributed by atoms with Crippen LogP contribution >= 0.6 is 0 Å². The molecule has 0 fully saturated rings. The Morgan fingerprint density at radius 2 is 1.39 bits per heavy atom. The minimum atomic E-state index is -0.333. The van der Waals surface area contributed by atoms with Crippen LogP contribution < -0.4 is 0 Å². The second-order valence-corrected chi connectivity index (χ2v) is 6.00. The van der Waals surface area contributed by atoms with Crippen molar-refractivity contribution in [2.75, 3.05) is 14.2 Å². The molecule has 0 heterocycles. The van der Waals surface area contributed by atoms with E-state index in [1.807, 2.05) is 0 Å². The molecule has 0 amide bonds. The number of ether oxygens (including phenoxy) is 2. The van der Waals surface area contributed by atoms with Crippen LogP contribution in [0.15, 0.2) is 23.2 Å². The van der Waals surface area contributed by atoms with Crippen LogP contribution in [-0.2, 0) is 19.1 Å². The van der Waals surface area contributed by atoms with Crippen molar-refractivity contribution in [3.8, 4) is 0 Å². The Hall–Kier alpha value is -1.58. The summed E-state index contributed by atoms with van der Waals surface area (Å²) in [5, 5.41) is 0. The van der Waals surface area contributed by atoms with E-state index in [-0.39, 0.29) is 23.1 Å². The molecule has 0 aliphatic heterocycles. The van der Waals surface area contributed by atoms with Gasteiger partial charge in [-0.3, -0.25) is 9.59 Å². The number of Topliss-reactive ketones (excluding diaryl/α,β-unsaturated/α-hetero) is 1. The van der Waals surface area contributed by atoms with E-state index in [0.717, 1.165) is 12.8 Å². The first-order chi connectivity index (χ1) is 11.2. The third-order valence-electron chi connectivity index (χ3n) is 4.22. The van der Waals surface area contributed by atoms with Gasteiger partial charge in [-0.1, -0.05) is 58.3 Å². The molecule has 1 aliphatic carbocycles. The molecule has 0 unspecified atom stereocenters. The van der Waals surface area contributed by atoms with Crippen molar-refractivity contribution in [2.24, 2.45) is 0 Å². The molecular weight excluding hydrogens is 292 g/mol. The molecular formula is C19H30O4.